The van der Waals surface area contributed by atoms with Gasteiger partial charge in [0.1, 0.15) is 0 Å². The van der Waals surface area contributed by atoms with Crippen LogP contribution in [0.1, 0.15) is 17.5 Å². The molecule has 0 bridgehead atoms. The molecule has 0 radical (unpaired) electrons. The number of aryl methyl sites for hydroxylation is 1. The first-order valence-electron chi connectivity index (χ1n) is 21.4. The maximum atomic E-state index is 2.47. The smallest absolute Gasteiger partial charge is 0.0500 e. The number of benzene rings is 11. The number of nitrogens with zero attached hydrogens (tertiary/aromatic N) is 1. The summed E-state index contributed by atoms with van der Waals surface area (Å²) in [5.41, 5.74) is 13.7. The highest BCUT2D eigenvalue weighted by Crippen LogP contribution is 2.48. The minimum absolute atomic E-state index is 0.973. The van der Waals surface area contributed by atoms with Crippen LogP contribution in [0, 0.1) is 0 Å². The lowest BCUT2D eigenvalue weighted by Crippen LogP contribution is -2.16. The van der Waals surface area contributed by atoms with Crippen LogP contribution < -0.4 is 4.90 Å². The molecular weight excluding hydrogens is 735 g/mol. The standard InChI is InChI=1S/C60H41N/c1-2-22-46(23-3-1)61-57-30-13-7-18-42(57)21-15-31-58(61)51-37-36-48(49-25-9-10-26-50(49)51)44-34-35-55-56(39-44)59(45-33-32-40-16-4-5-19-43(40)38-45)53-27-11-12-28-54(53)60(55)52-29-14-20-41-17-6-8-24-47(41)52/h1-14,16-20,22-39H,15,21H2. The third kappa shape index (κ3) is 5.85. The second-order valence-electron chi connectivity index (χ2n) is 16.3. The average molecular weight is 776 g/mol. The summed E-state index contributed by atoms with van der Waals surface area (Å²) in [4.78, 5) is 2.47. The molecular formula is C60H41N. The molecule has 11 aromatic rings. The molecule has 0 aromatic heterocycles. The predicted octanol–water partition coefficient (Wildman–Crippen LogP) is 16.6. The van der Waals surface area contributed by atoms with E-state index >= 15 is 0 Å². The zero-order valence-corrected chi connectivity index (χ0v) is 33.7. The molecule has 1 aliphatic rings. The van der Waals surface area contributed by atoms with Crippen molar-refractivity contribution in [1.29, 1.82) is 0 Å². The fraction of sp³-hybridized carbons (Fsp3) is 0.0333. The van der Waals surface area contributed by atoms with Crippen LogP contribution in [-0.4, -0.2) is 0 Å². The van der Waals surface area contributed by atoms with Crippen molar-refractivity contribution in [2.45, 2.75) is 12.8 Å². The van der Waals surface area contributed by atoms with Gasteiger partial charge >= 0.3 is 0 Å². The molecule has 1 heterocycles. The Hall–Kier alpha value is -7.74. The third-order valence-electron chi connectivity index (χ3n) is 12.9. The Labute approximate surface area is 356 Å². The Bertz CT molecular complexity index is 3530. The quantitative estimate of drug-likeness (QED) is 0.157. The van der Waals surface area contributed by atoms with Crippen LogP contribution in [0.15, 0.2) is 224 Å². The molecule has 61 heavy (non-hydrogen) atoms. The van der Waals surface area contributed by atoms with E-state index in [1.165, 1.54) is 115 Å². The number of para-hydroxylation sites is 2. The zero-order chi connectivity index (χ0) is 40.3. The van der Waals surface area contributed by atoms with Crippen LogP contribution in [0.4, 0.5) is 11.4 Å². The maximum absolute atomic E-state index is 2.47. The van der Waals surface area contributed by atoms with Crippen molar-refractivity contribution in [3.8, 4) is 33.4 Å². The fourth-order valence-corrected chi connectivity index (χ4v) is 10.1. The summed E-state index contributed by atoms with van der Waals surface area (Å²) in [6.07, 6.45) is 4.42. The highest BCUT2D eigenvalue weighted by Gasteiger charge is 2.24. The molecule has 0 fully saturated rings. The predicted molar refractivity (Wildman–Crippen MR) is 262 cm³/mol. The van der Waals surface area contributed by atoms with Crippen LogP contribution in [-0.2, 0) is 6.42 Å². The number of hydrogen-bond acceptors (Lipinski definition) is 1. The van der Waals surface area contributed by atoms with Gasteiger partial charge in [0.05, 0.1) is 5.70 Å². The molecule has 12 rings (SSSR count). The van der Waals surface area contributed by atoms with E-state index in [0.29, 0.717) is 0 Å². The molecule has 286 valence electrons. The summed E-state index contributed by atoms with van der Waals surface area (Å²) in [5.74, 6) is 0. The first-order chi connectivity index (χ1) is 30.3. The molecule has 0 saturated heterocycles. The topological polar surface area (TPSA) is 3.24 Å². The Morgan fingerprint density at radius 1 is 0.328 bits per heavy atom. The molecule has 0 saturated carbocycles. The minimum atomic E-state index is 0.973. The number of fused-ring (bicyclic) bond motifs is 6. The van der Waals surface area contributed by atoms with Crippen molar-refractivity contribution in [3.63, 3.8) is 0 Å². The Balaban J connectivity index is 1.12. The van der Waals surface area contributed by atoms with Crippen molar-refractivity contribution in [3.05, 3.63) is 236 Å². The molecule has 1 heteroatoms. The van der Waals surface area contributed by atoms with E-state index in [9.17, 15) is 0 Å². The van der Waals surface area contributed by atoms with Gasteiger partial charge in [-0.1, -0.05) is 194 Å². The summed E-state index contributed by atoms with van der Waals surface area (Å²) in [5, 5.41) is 12.5. The lowest BCUT2D eigenvalue weighted by molar-refractivity contribution is 1.01. The number of allylic oxidation sites excluding steroid dienone is 1. The van der Waals surface area contributed by atoms with Crippen molar-refractivity contribution in [2.24, 2.45) is 0 Å². The van der Waals surface area contributed by atoms with E-state index in [1.807, 2.05) is 0 Å². The number of anilines is 2. The Morgan fingerprint density at radius 2 is 0.934 bits per heavy atom. The van der Waals surface area contributed by atoms with Gasteiger partial charge in [0.2, 0.25) is 0 Å². The minimum Gasteiger partial charge on any atom is -0.310 e. The SMILES string of the molecule is C1=C(c2ccc(-c3ccc4c(-c5cccc6ccccc56)c5ccccc5c(-c5ccc6ccccc6c5)c4c3)c3ccccc23)N(c2ccccc2)c2ccccc2CC1. The van der Waals surface area contributed by atoms with Crippen LogP contribution in [0.3, 0.4) is 0 Å². The molecule has 0 unspecified atom stereocenters. The summed E-state index contributed by atoms with van der Waals surface area (Å²) in [6, 6.07) is 80.9. The summed E-state index contributed by atoms with van der Waals surface area (Å²) >= 11 is 0. The lowest BCUT2D eigenvalue weighted by atomic mass is 9.83. The van der Waals surface area contributed by atoms with Gasteiger partial charge in [-0.3, -0.25) is 0 Å². The highest BCUT2D eigenvalue weighted by molar-refractivity contribution is 6.24. The van der Waals surface area contributed by atoms with Crippen LogP contribution in [0.5, 0.6) is 0 Å². The van der Waals surface area contributed by atoms with E-state index in [4.69, 9.17) is 0 Å². The van der Waals surface area contributed by atoms with Crippen molar-refractivity contribution >= 4 is 70.9 Å². The Morgan fingerprint density at radius 3 is 1.77 bits per heavy atom. The first-order valence-corrected chi connectivity index (χ1v) is 21.4. The van der Waals surface area contributed by atoms with Gasteiger partial charge in [-0.15, -0.1) is 0 Å². The van der Waals surface area contributed by atoms with E-state index in [2.05, 4.69) is 229 Å². The summed E-state index contributed by atoms with van der Waals surface area (Å²) in [7, 11) is 0. The van der Waals surface area contributed by atoms with E-state index in [0.717, 1.165) is 12.8 Å². The van der Waals surface area contributed by atoms with E-state index in [1.54, 1.807) is 0 Å². The molecule has 1 aliphatic heterocycles. The third-order valence-corrected chi connectivity index (χ3v) is 12.9. The molecule has 1 nitrogen and oxygen atoms in total. The molecule has 11 aromatic carbocycles. The molecule has 0 atom stereocenters. The summed E-state index contributed by atoms with van der Waals surface area (Å²) < 4.78 is 0. The monoisotopic (exact) mass is 775 g/mol. The van der Waals surface area contributed by atoms with Gasteiger partial charge in [-0.2, -0.15) is 0 Å². The van der Waals surface area contributed by atoms with Gasteiger partial charge in [-0.25, -0.2) is 0 Å². The first kappa shape index (κ1) is 35.2. The number of hydrogen-bond donors (Lipinski definition) is 0. The second kappa shape index (κ2) is 14.5. The second-order valence-corrected chi connectivity index (χ2v) is 16.3. The maximum Gasteiger partial charge on any atom is 0.0500 e. The van der Waals surface area contributed by atoms with Crippen LogP contribution >= 0.6 is 0 Å². The number of rotatable bonds is 5. The molecule has 0 aliphatic carbocycles. The van der Waals surface area contributed by atoms with Gasteiger partial charge in [-0.05, 0) is 136 Å². The van der Waals surface area contributed by atoms with Gasteiger partial charge in [0.25, 0.3) is 0 Å². The zero-order valence-electron chi connectivity index (χ0n) is 33.7. The van der Waals surface area contributed by atoms with Crippen LogP contribution in [0.25, 0.3) is 92.9 Å². The largest absolute Gasteiger partial charge is 0.310 e. The molecule has 0 spiro atoms. The van der Waals surface area contributed by atoms with Crippen LogP contribution in [0.2, 0.25) is 0 Å². The van der Waals surface area contributed by atoms with Gasteiger partial charge < -0.3 is 4.90 Å². The van der Waals surface area contributed by atoms with E-state index < -0.39 is 0 Å². The van der Waals surface area contributed by atoms with Gasteiger partial charge in [0, 0.05) is 16.9 Å². The fourth-order valence-electron chi connectivity index (χ4n) is 10.1. The summed E-state index contributed by atoms with van der Waals surface area (Å²) in [6.45, 7) is 0. The normalized spacial score (nSPS) is 12.9. The average Bonchev–Trinajstić information content (AvgIpc) is 3.52. The van der Waals surface area contributed by atoms with Crippen molar-refractivity contribution < 1.29 is 0 Å². The van der Waals surface area contributed by atoms with Crippen molar-refractivity contribution in [2.75, 3.05) is 4.90 Å². The van der Waals surface area contributed by atoms with E-state index in [-0.39, 0.29) is 0 Å². The molecule has 0 amide bonds. The highest BCUT2D eigenvalue weighted by atomic mass is 15.2. The Kier molecular flexibility index (Phi) is 8.38. The van der Waals surface area contributed by atoms with Gasteiger partial charge in [0.15, 0.2) is 0 Å². The molecule has 0 N–H and O–H groups in total. The van der Waals surface area contributed by atoms with Crippen molar-refractivity contribution in [1.82, 2.24) is 0 Å². The lowest BCUT2D eigenvalue weighted by Gasteiger charge is -2.29.